The Balaban J connectivity index is 0.00000220. The molecular formula is C15H31Cl2N3OS. The number of nitrogens with two attached hydrogens (primary N) is 1. The largest absolute Gasteiger partial charge is 0.340 e. The molecule has 1 amide bonds. The highest BCUT2D eigenvalue weighted by molar-refractivity contribution is 7.99. The molecule has 0 aromatic heterocycles. The Morgan fingerprint density at radius 1 is 1.18 bits per heavy atom. The van der Waals surface area contributed by atoms with E-state index in [1.807, 2.05) is 16.7 Å². The molecule has 0 bridgehead atoms. The van der Waals surface area contributed by atoms with Crippen LogP contribution in [0, 0.1) is 5.92 Å². The molecule has 4 nitrogen and oxygen atoms in total. The van der Waals surface area contributed by atoms with Gasteiger partial charge in [0.15, 0.2) is 0 Å². The Labute approximate surface area is 151 Å². The van der Waals surface area contributed by atoms with Gasteiger partial charge >= 0.3 is 0 Å². The lowest BCUT2D eigenvalue weighted by atomic mass is 9.89. The van der Waals surface area contributed by atoms with Crippen molar-refractivity contribution in [3.05, 3.63) is 0 Å². The van der Waals surface area contributed by atoms with Gasteiger partial charge in [0.25, 0.3) is 0 Å². The Morgan fingerprint density at radius 3 is 2.45 bits per heavy atom. The van der Waals surface area contributed by atoms with E-state index in [1.165, 1.54) is 32.1 Å². The molecule has 1 aliphatic carbocycles. The van der Waals surface area contributed by atoms with E-state index >= 15 is 0 Å². The van der Waals surface area contributed by atoms with E-state index in [9.17, 15) is 4.79 Å². The average Bonchev–Trinajstić information content (AvgIpc) is 2.52. The lowest BCUT2D eigenvalue weighted by Crippen LogP contribution is -2.48. The summed E-state index contributed by atoms with van der Waals surface area (Å²) in [5, 5.41) is 3.49. The van der Waals surface area contributed by atoms with E-state index in [2.05, 4.69) is 5.32 Å². The van der Waals surface area contributed by atoms with Crippen molar-refractivity contribution in [3.63, 3.8) is 0 Å². The van der Waals surface area contributed by atoms with Crippen molar-refractivity contribution < 1.29 is 4.79 Å². The predicted octanol–water partition coefficient (Wildman–Crippen LogP) is 2.29. The summed E-state index contributed by atoms with van der Waals surface area (Å²) in [6, 6.07) is -0.322. The molecule has 0 spiro atoms. The van der Waals surface area contributed by atoms with Crippen molar-refractivity contribution >= 4 is 42.5 Å². The zero-order chi connectivity index (χ0) is 14.2. The van der Waals surface area contributed by atoms with Gasteiger partial charge in [0.05, 0.1) is 6.04 Å². The number of halogens is 2. The number of nitrogens with zero attached hydrogens (tertiary/aromatic N) is 1. The molecule has 1 aliphatic heterocycles. The highest BCUT2D eigenvalue weighted by atomic mass is 35.5. The molecule has 1 saturated carbocycles. The summed E-state index contributed by atoms with van der Waals surface area (Å²) in [5.74, 6) is 3.09. The lowest BCUT2D eigenvalue weighted by Gasteiger charge is -2.29. The minimum absolute atomic E-state index is 0. The molecule has 7 heteroatoms. The van der Waals surface area contributed by atoms with Crippen LogP contribution in [0.2, 0.25) is 0 Å². The standard InChI is InChI=1S/C15H29N3OS.2ClH/c16-14(15(19)18-8-10-20-11-9-18)6-7-17-12-13-4-2-1-3-5-13;;/h13-14,17H,1-12,16H2;2*1H. The van der Waals surface area contributed by atoms with Crippen LogP contribution in [0.5, 0.6) is 0 Å². The quantitative estimate of drug-likeness (QED) is 0.703. The summed E-state index contributed by atoms with van der Waals surface area (Å²) in [4.78, 5) is 14.1. The molecule has 0 radical (unpaired) electrons. The number of carbonyl (C=O) groups excluding carboxylic acids is 1. The van der Waals surface area contributed by atoms with Crippen LogP contribution in [-0.2, 0) is 4.79 Å². The average molecular weight is 372 g/mol. The van der Waals surface area contributed by atoms with Crippen molar-refractivity contribution in [2.45, 2.75) is 44.6 Å². The summed E-state index contributed by atoms with van der Waals surface area (Å²) in [6.07, 6.45) is 7.67. The van der Waals surface area contributed by atoms with Crippen molar-refractivity contribution in [3.8, 4) is 0 Å². The second-order valence-electron chi connectivity index (χ2n) is 6.04. The molecular weight excluding hydrogens is 341 g/mol. The highest BCUT2D eigenvalue weighted by Crippen LogP contribution is 2.22. The maximum Gasteiger partial charge on any atom is 0.239 e. The summed E-state index contributed by atoms with van der Waals surface area (Å²) >= 11 is 1.92. The molecule has 2 rings (SSSR count). The first kappa shape index (κ1) is 22.3. The van der Waals surface area contributed by atoms with Crippen LogP contribution in [0.1, 0.15) is 38.5 Å². The molecule has 0 aromatic carbocycles. The molecule has 2 fully saturated rings. The number of nitrogens with one attached hydrogen (secondary N) is 1. The number of carbonyl (C=O) groups is 1. The van der Waals surface area contributed by atoms with E-state index in [-0.39, 0.29) is 36.8 Å². The van der Waals surface area contributed by atoms with E-state index in [1.54, 1.807) is 0 Å². The molecule has 22 heavy (non-hydrogen) atoms. The van der Waals surface area contributed by atoms with Gasteiger partial charge in [-0.15, -0.1) is 24.8 Å². The minimum Gasteiger partial charge on any atom is -0.340 e. The Bertz CT molecular complexity index is 299. The summed E-state index contributed by atoms with van der Waals surface area (Å²) in [5.41, 5.74) is 6.03. The number of hydrogen-bond donors (Lipinski definition) is 2. The maximum absolute atomic E-state index is 12.2. The van der Waals surface area contributed by atoms with E-state index in [0.717, 1.165) is 50.0 Å². The van der Waals surface area contributed by atoms with Crippen LogP contribution in [0.4, 0.5) is 0 Å². The van der Waals surface area contributed by atoms with Gasteiger partial charge in [-0.2, -0.15) is 11.8 Å². The van der Waals surface area contributed by atoms with Crippen molar-refractivity contribution in [1.82, 2.24) is 10.2 Å². The second kappa shape index (κ2) is 12.7. The fourth-order valence-electron chi connectivity index (χ4n) is 3.10. The van der Waals surface area contributed by atoms with Crippen molar-refractivity contribution in [1.29, 1.82) is 0 Å². The van der Waals surface area contributed by atoms with Crippen LogP contribution in [0.3, 0.4) is 0 Å². The SMILES string of the molecule is Cl.Cl.NC(CCNCC1CCCCC1)C(=O)N1CCSCC1. The molecule has 0 aromatic rings. The van der Waals surface area contributed by atoms with Crippen LogP contribution in [-0.4, -0.2) is 54.5 Å². The van der Waals surface area contributed by atoms with Gasteiger partial charge in [-0.25, -0.2) is 0 Å². The maximum atomic E-state index is 12.2. The zero-order valence-corrected chi connectivity index (χ0v) is 15.7. The first-order valence-corrected chi connectivity index (χ1v) is 9.25. The molecule has 1 saturated heterocycles. The van der Waals surface area contributed by atoms with Crippen LogP contribution in [0.25, 0.3) is 0 Å². The minimum atomic E-state index is -0.322. The zero-order valence-electron chi connectivity index (χ0n) is 13.3. The third-order valence-electron chi connectivity index (χ3n) is 4.43. The smallest absolute Gasteiger partial charge is 0.239 e. The van der Waals surface area contributed by atoms with Gasteiger partial charge in [-0.05, 0) is 38.3 Å². The van der Waals surface area contributed by atoms with Gasteiger partial charge in [0, 0.05) is 24.6 Å². The fraction of sp³-hybridized carbons (Fsp3) is 0.933. The van der Waals surface area contributed by atoms with E-state index in [0.29, 0.717) is 0 Å². The summed E-state index contributed by atoms with van der Waals surface area (Å²) in [6.45, 7) is 3.70. The summed E-state index contributed by atoms with van der Waals surface area (Å²) in [7, 11) is 0. The first-order valence-electron chi connectivity index (χ1n) is 8.10. The van der Waals surface area contributed by atoms with E-state index in [4.69, 9.17) is 5.73 Å². The van der Waals surface area contributed by atoms with Gasteiger partial charge in [0.1, 0.15) is 0 Å². The molecule has 1 unspecified atom stereocenters. The molecule has 2 aliphatic rings. The van der Waals surface area contributed by atoms with Crippen molar-refractivity contribution in [2.75, 3.05) is 37.7 Å². The summed E-state index contributed by atoms with van der Waals surface area (Å²) < 4.78 is 0. The number of amides is 1. The number of hydrogen-bond acceptors (Lipinski definition) is 4. The fourth-order valence-corrected chi connectivity index (χ4v) is 4.00. The molecule has 1 atom stereocenters. The van der Waals surface area contributed by atoms with Gasteiger partial charge in [-0.3, -0.25) is 4.79 Å². The Hall–Kier alpha value is 0.320. The van der Waals surface area contributed by atoms with E-state index < -0.39 is 0 Å². The van der Waals surface area contributed by atoms with Gasteiger partial charge in [-0.1, -0.05) is 19.3 Å². The van der Waals surface area contributed by atoms with Crippen molar-refractivity contribution in [2.24, 2.45) is 11.7 Å². The van der Waals surface area contributed by atoms with Crippen LogP contribution < -0.4 is 11.1 Å². The van der Waals surface area contributed by atoms with Crippen LogP contribution in [0.15, 0.2) is 0 Å². The first-order chi connectivity index (χ1) is 9.77. The normalized spacial score (nSPS) is 20.7. The lowest BCUT2D eigenvalue weighted by molar-refractivity contribution is -0.132. The van der Waals surface area contributed by atoms with Gasteiger partial charge in [0.2, 0.25) is 5.91 Å². The molecule has 132 valence electrons. The second-order valence-corrected chi connectivity index (χ2v) is 7.27. The monoisotopic (exact) mass is 371 g/mol. The number of thioether (sulfide) groups is 1. The Morgan fingerprint density at radius 2 is 1.82 bits per heavy atom. The molecule has 1 heterocycles. The Kier molecular flexibility index (Phi) is 12.9. The number of rotatable bonds is 6. The third kappa shape index (κ3) is 7.73. The topological polar surface area (TPSA) is 58.4 Å². The highest BCUT2D eigenvalue weighted by Gasteiger charge is 2.22. The van der Waals surface area contributed by atoms with Gasteiger partial charge < -0.3 is 16.0 Å². The third-order valence-corrected chi connectivity index (χ3v) is 5.37. The van der Waals surface area contributed by atoms with Crippen LogP contribution >= 0.6 is 36.6 Å². The predicted molar refractivity (Wildman–Crippen MR) is 100 cm³/mol. The molecule has 3 N–H and O–H groups in total.